The van der Waals surface area contributed by atoms with Gasteiger partial charge in [0.15, 0.2) is 0 Å². The van der Waals surface area contributed by atoms with E-state index in [0.717, 1.165) is 50.2 Å². The van der Waals surface area contributed by atoms with Crippen LogP contribution < -0.4 is 15.2 Å². The van der Waals surface area contributed by atoms with E-state index in [2.05, 4.69) is 11.8 Å². The summed E-state index contributed by atoms with van der Waals surface area (Å²) in [6, 6.07) is 7.76. The molecule has 0 aliphatic carbocycles. The van der Waals surface area contributed by atoms with Crippen LogP contribution in [-0.2, 0) is 0 Å². The Hall–Kier alpha value is -1.26. The Labute approximate surface area is 128 Å². The Morgan fingerprint density at radius 2 is 1.90 bits per heavy atom. The van der Waals surface area contributed by atoms with Gasteiger partial charge in [0.25, 0.3) is 0 Å². The summed E-state index contributed by atoms with van der Waals surface area (Å²) in [6.07, 6.45) is 2.44. The first kappa shape index (κ1) is 16.1. The summed E-state index contributed by atoms with van der Waals surface area (Å²) in [5.41, 5.74) is 5.86. The molecule has 4 nitrogen and oxygen atoms in total. The predicted octanol–water partition coefficient (Wildman–Crippen LogP) is 2.38. The molecule has 0 saturated carbocycles. The van der Waals surface area contributed by atoms with Gasteiger partial charge in [-0.3, -0.25) is 4.90 Å². The van der Waals surface area contributed by atoms with E-state index >= 15 is 0 Å². The molecule has 0 spiro atoms. The van der Waals surface area contributed by atoms with Gasteiger partial charge < -0.3 is 15.2 Å². The van der Waals surface area contributed by atoms with Crippen LogP contribution in [-0.4, -0.2) is 44.8 Å². The topological polar surface area (TPSA) is 47.7 Å². The quantitative estimate of drug-likeness (QED) is 0.838. The lowest BCUT2D eigenvalue weighted by Gasteiger charge is -2.37. The Morgan fingerprint density at radius 1 is 1.19 bits per heavy atom. The van der Waals surface area contributed by atoms with Crippen LogP contribution in [0.15, 0.2) is 24.3 Å². The summed E-state index contributed by atoms with van der Waals surface area (Å²) in [4.78, 5) is 2.50. The van der Waals surface area contributed by atoms with Crippen molar-refractivity contribution in [3.63, 3.8) is 0 Å². The average Bonchev–Trinajstić information content (AvgIpc) is 2.55. The van der Waals surface area contributed by atoms with E-state index in [4.69, 9.17) is 15.2 Å². The molecule has 2 N–H and O–H groups in total. The number of nitrogens with zero attached hydrogens (tertiary/aromatic N) is 1. The molecule has 2 unspecified atom stereocenters. The fraction of sp³-hybridized carbons (Fsp3) is 0.647. The van der Waals surface area contributed by atoms with Gasteiger partial charge >= 0.3 is 0 Å². The van der Waals surface area contributed by atoms with Gasteiger partial charge in [-0.15, -0.1) is 0 Å². The Balaban J connectivity index is 1.73. The molecule has 2 atom stereocenters. The van der Waals surface area contributed by atoms with Gasteiger partial charge in [0.2, 0.25) is 0 Å². The smallest absolute Gasteiger partial charge is 0.119 e. The summed E-state index contributed by atoms with van der Waals surface area (Å²) in [5.74, 6) is 3.20. The van der Waals surface area contributed by atoms with Crippen molar-refractivity contribution in [1.29, 1.82) is 0 Å². The molecule has 1 aromatic rings. The molecule has 0 aromatic heterocycles. The standard InChI is InChI=1S/C17H28N2O2/c1-3-14-13-19(9-8-15(14)12-18)10-11-21-17-6-4-16(20-2)5-7-17/h4-7,14-15H,3,8-13,18H2,1-2H3. The second-order valence-corrected chi connectivity index (χ2v) is 5.78. The monoisotopic (exact) mass is 292 g/mol. The van der Waals surface area contributed by atoms with Crippen LogP contribution >= 0.6 is 0 Å². The van der Waals surface area contributed by atoms with Crippen molar-refractivity contribution in [2.75, 3.05) is 39.9 Å². The molecule has 2 rings (SSSR count). The van der Waals surface area contributed by atoms with Crippen molar-refractivity contribution >= 4 is 0 Å². The molecule has 4 heteroatoms. The second-order valence-electron chi connectivity index (χ2n) is 5.78. The van der Waals surface area contributed by atoms with Crippen molar-refractivity contribution < 1.29 is 9.47 Å². The lowest BCUT2D eigenvalue weighted by Crippen LogP contribution is -2.44. The van der Waals surface area contributed by atoms with Crippen LogP contribution in [0.5, 0.6) is 11.5 Å². The third-order valence-corrected chi connectivity index (χ3v) is 4.54. The molecule has 21 heavy (non-hydrogen) atoms. The first-order chi connectivity index (χ1) is 10.3. The second kappa shape index (κ2) is 8.25. The largest absolute Gasteiger partial charge is 0.497 e. The zero-order valence-electron chi connectivity index (χ0n) is 13.3. The van der Waals surface area contributed by atoms with E-state index in [0.29, 0.717) is 5.92 Å². The minimum absolute atomic E-state index is 0.703. The highest BCUT2D eigenvalue weighted by Gasteiger charge is 2.26. The number of ether oxygens (including phenoxy) is 2. The summed E-state index contributed by atoms with van der Waals surface area (Å²) in [6.45, 7) is 7.12. The van der Waals surface area contributed by atoms with E-state index < -0.39 is 0 Å². The summed E-state index contributed by atoms with van der Waals surface area (Å²) in [5, 5.41) is 0. The van der Waals surface area contributed by atoms with Gasteiger partial charge in [-0.1, -0.05) is 13.3 Å². The van der Waals surface area contributed by atoms with Crippen molar-refractivity contribution in [1.82, 2.24) is 4.90 Å². The maximum absolute atomic E-state index is 5.86. The average molecular weight is 292 g/mol. The molecule has 0 amide bonds. The minimum Gasteiger partial charge on any atom is -0.497 e. The zero-order valence-corrected chi connectivity index (χ0v) is 13.3. The third-order valence-electron chi connectivity index (χ3n) is 4.54. The van der Waals surface area contributed by atoms with Crippen LogP contribution in [0.25, 0.3) is 0 Å². The molecule has 1 fully saturated rings. The van der Waals surface area contributed by atoms with Gasteiger partial charge in [0.05, 0.1) is 7.11 Å². The van der Waals surface area contributed by atoms with Crippen LogP contribution in [0.3, 0.4) is 0 Å². The molecule has 1 saturated heterocycles. The molecule has 1 heterocycles. The number of benzene rings is 1. The van der Waals surface area contributed by atoms with Crippen LogP contribution in [0, 0.1) is 11.8 Å². The van der Waals surface area contributed by atoms with Crippen molar-refractivity contribution in [2.24, 2.45) is 17.6 Å². The van der Waals surface area contributed by atoms with Gasteiger partial charge in [0.1, 0.15) is 18.1 Å². The van der Waals surface area contributed by atoms with Gasteiger partial charge in [-0.05, 0) is 55.6 Å². The Kier molecular flexibility index (Phi) is 6.33. The SMILES string of the molecule is CCC1CN(CCOc2ccc(OC)cc2)CCC1CN. The normalized spacial score (nSPS) is 23.0. The number of hydrogen-bond donors (Lipinski definition) is 1. The maximum atomic E-state index is 5.86. The lowest BCUT2D eigenvalue weighted by atomic mass is 9.84. The maximum Gasteiger partial charge on any atom is 0.119 e. The highest BCUT2D eigenvalue weighted by atomic mass is 16.5. The van der Waals surface area contributed by atoms with E-state index in [1.54, 1.807) is 7.11 Å². The third kappa shape index (κ3) is 4.61. The lowest BCUT2D eigenvalue weighted by molar-refractivity contribution is 0.104. The van der Waals surface area contributed by atoms with Gasteiger partial charge in [0, 0.05) is 13.1 Å². The van der Waals surface area contributed by atoms with Crippen molar-refractivity contribution in [3.05, 3.63) is 24.3 Å². The van der Waals surface area contributed by atoms with Gasteiger partial charge in [-0.2, -0.15) is 0 Å². The number of nitrogens with two attached hydrogens (primary N) is 1. The Bertz CT molecular complexity index is 408. The van der Waals surface area contributed by atoms with E-state index in [1.165, 1.54) is 12.8 Å². The molecule has 0 bridgehead atoms. The van der Waals surface area contributed by atoms with Crippen molar-refractivity contribution in [3.8, 4) is 11.5 Å². The highest BCUT2D eigenvalue weighted by Crippen LogP contribution is 2.25. The fourth-order valence-corrected chi connectivity index (χ4v) is 3.10. The predicted molar refractivity (Wildman–Crippen MR) is 85.9 cm³/mol. The molecule has 1 aromatic carbocycles. The minimum atomic E-state index is 0.703. The number of rotatable bonds is 7. The zero-order chi connectivity index (χ0) is 15.1. The number of methoxy groups -OCH3 is 1. The van der Waals surface area contributed by atoms with Crippen LogP contribution in [0.4, 0.5) is 0 Å². The fourth-order valence-electron chi connectivity index (χ4n) is 3.10. The van der Waals surface area contributed by atoms with E-state index in [1.807, 2.05) is 24.3 Å². The first-order valence-electron chi connectivity index (χ1n) is 7.96. The van der Waals surface area contributed by atoms with Crippen LogP contribution in [0.1, 0.15) is 19.8 Å². The molecular formula is C17H28N2O2. The number of piperidine rings is 1. The summed E-state index contributed by atoms with van der Waals surface area (Å²) in [7, 11) is 1.67. The molecule has 0 radical (unpaired) electrons. The molecule has 118 valence electrons. The van der Waals surface area contributed by atoms with Crippen LogP contribution in [0.2, 0.25) is 0 Å². The summed E-state index contributed by atoms with van der Waals surface area (Å²) >= 11 is 0. The molecule has 1 aliphatic rings. The molecule has 1 aliphatic heterocycles. The van der Waals surface area contributed by atoms with Gasteiger partial charge in [-0.25, -0.2) is 0 Å². The number of hydrogen-bond acceptors (Lipinski definition) is 4. The van der Waals surface area contributed by atoms with E-state index in [9.17, 15) is 0 Å². The highest BCUT2D eigenvalue weighted by molar-refractivity contribution is 5.31. The first-order valence-corrected chi connectivity index (χ1v) is 7.96. The number of likely N-dealkylation sites (tertiary alicyclic amines) is 1. The molecular weight excluding hydrogens is 264 g/mol. The summed E-state index contributed by atoms with van der Waals surface area (Å²) < 4.78 is 10.9. The Morgan fingerprint density at radius 3 is 2.52 bits per heavy atom. The van der Waals surface area contributed by atoms with E-state index in [-0.39, 0.29) is 0 Å². The van der Waals surface area contributed by atoms with Crippen molar-refractivity contribution in [2.45, 2.75) is 19.8 Å².